The second kappa shape index (κ2) is 8.68. The van der Waals surface area contributed by atoms with Crippen LogP contribution in [0.15, 0.2) is 11.3 Å². The molecule has 0 N–H and O–H groups in total. The Balaban J connectivity index is 2.56. The molecule has 2 rings (SSSR count). The molecule has 0 spiro atoms. The summed E-state index contributed by atoms with van der Waals surface area (Å²) < 4.78 is 42.5. The van der Waals surface area contributed by atoms with E-state index in [1.165, 1.54) is 0 Å². The van der Waals surface area contributed by atoms with E-state index in [0.717, 1.165) is 24.8 Å². The minimum Gasteiger partial charge on any atom is -0.407 e. The van der Waals surface area contributed by atoms with Gasteiger partial charge >= 0.3 is 7.82 Å². The predicted molar refractivity (Wildman–Crippen MR) is 102 cm³/mol. The topological polar surface area (TPSA) is 78.9 Å². The van der Waals surface area contributed by atoms with Gasteiger partial charge in [0.2, 0.25) is 0 Å². The van der Waals surface area contributed by atoms with E-state index in [2.05, 4.69) is 0 Å². The Morgan fingerprint density at radius 2 is 1.88 bits per heavy atom. The SMILES string of the molecule is CCOP(=O)(OCC)OC1=C2CCC[C@@H]2CC(C)(C(C)=O)C1S(=O)CC. The quantitative estimate of drug-likeness (QED) is 0.529. The first-order valence-electron chi connectivity index (χ1n) is 9.42. The van der Waals surface area contributed by atoms with E-state index in [4.69, 9.17) is 13.6 Å². The van der Waals surface area contributed by atoms with E-state index in [1.54, 1.807) is 20.8 Å². The van der Waals surface area contributed by atoms with Crippen molar-refractivity contribution in [1.29, 1.82) is 0 Å². The van der Waals surface area contributed by atoms with Crippen LogP contribution < -0.4 is 0 Å². The monoisotopic (exact) mass is 406 g/mol. The fraction of sp³-hybridized carbons (Fsp3) is 0.833. The number of ketones is 1. The van der Waals surface area contributed by atoms with Crippen molar-refractivity contribution in [3.05, 3.63) is 11.3 Å². The number of carbonyl (C=O) groups excluding carboxylic acids is 1. The van der Waals surface area contributed by atoms with Crippen LogP contribution in [-0.2, 0) is 33.7 Å². The second-order valence-electron chi connectivity index (χ2n) is 7.08. The maximum absolute atomic E-state index is 13.0. The Labute approximate surface area is 159 Å². The van der Waals surface area contributed by atoms with Crippen molar-refractivity contribution in [3.63, 3.8) is 0 Å². The van der Waals surface area contributed by atoms with Gasteiger partial charge in [0.25, 0.3) is 0 Å². The fourth-order valence-electron chi connectivity index (χ4n) is 4.08. The van der Waals surface area contributed by atoms with E-state index >= 15 is 0 Å². The number of allylic oxidation sites excluding steroid dienone is 1. The van der Waals surface area contributed by atoms with Gasteiger partial charge < -0.3 is 4.52 Å². The molecule has 0 aliphatic heterocycles. The summed E-state index contributed by atoms with van der Waals surface area (Å²) in [7, 11) is -5.14. The molecule has 4 atom stereocenters. The molecule has 6 nitrogen and oxygen atoms in total. The Hall–Kier alpha value is -0.490. The van der Waals surface area contributed by atoms with Crippen LogP contribution in [0, 0.1) is 11.3 Å². The first-order chi connectivity index (χ1) is 12.2. The van der Waals surface area contributed by atoms with E-state index in [1.807, 2.05) is 13.8 Å². The molecular weight excluding hydrogens is 375 g/mol. The third-order valence-corrected chi connectivity index (χ3v) is 8.83. The van der Waals surface area contributed by atoms with Crippen molar-refractivity contribution >= 4 is 24.4 Å². The van der Waals surface area contributed by atoms with Crippen LogP contribution in [0.4, 0.5) is 0 Å². The molecule has 1 fully saturated rings. The van der Waals surface area contributed by atoms with Gasteiger partial charge in [-0.25, -0.2) is 4.57 Å². The Kier molecular flexibility index (Phi) is 7.28. The molecule has 150 valence electrons. The average molecular weight is 406 g/mol. The van der Waals surface area contributed by atoms with E-state index < -0.39 is 29.3 Å². The minimum absolute atomic E-state index is 0.0148. The van der Waals surface area contributed by atoms with Gasteiger partial charge in [0.15, 0.2) is 0 Å². The number of rotatable bonds is 9. The Morgan fingerprint density at radius 1 is 1.27 bits per heavy atom. The summed E-state index contributed by atoms with van der Waals surface area (Å²) in [6, 6.07) is 0. The van der Waals surface area contributed by atoms with E-state index in [-0.39, 0.29) is 24.9 Å². The summed E-state index contributed by atoms with van der Waals surface area (Å²) in [6.45, 7) is 9.01. The highest BCUT2D eigenvalue weighted by molar-refractivity contribution is 7.85. The molecule has 1 saturated carbocycles. The van der Waals surface area contributed by atoms with Gasteiger partial charge in [-0.15, -0.1) is 0 Å². The summed E-state index contributed by atoms with van der Waals surface area (Å²) >= 11 is 0. The predicted octanol–water partition coefficient (Wildman–Crippen LogP) is 4.37. The lowest BCUT2D eigenvalue weighted by atomic mass is 9.69. The van der Waals surface area contributed by atoms with Crippen molar-refractivity contribution in [3.8, 4) is 0 Å². The minimum atomic E-state index is -3.81. The van der Waals surface area contributed by atoms with E-state index in [9.17, 15) is 13.6 Å². The average Bonchev–Trinajstić information content (AvgIpc) is 3.02. The number of phosphoric ester groups is 1. The highest BCUT2D eigenvalue weighted by Crippen LogP contribution is 2.58. The number of fused-ring (bicyclic) bond motifs is 1. The molecule has 0 heterocycles. The molecule has 0 aromatic rings. The zero-order chi connectivity index (χ0) is 19.5. The van der Waals surface area contributed by atoms with E-state index in [0.29, 0.717) is 17.9 Å². The molecule has 0 radical (unpaired) electrons. The summed E-state index contributed by atoms with van der Waals surface area (Å²) in [4.78, 5) is 12.6. The molecule has 8 heteroatoms. The standard InChI is InChI=1S/C18H31O6PS/c1-6-22-25(20,23-7-2)24-16-15-11-9-10-14(15)12-18(5,13(4)19)17(16)26(21)8-3/h14,17H,6-12H2,1-5H3/t14-,17?,18?,26?/m1/s1. The van der Waals surface area contributed by atoms with Crippen LogP contribution in [-0.4, -0.2) is 34.2 Å². The lowest BCUT2D eigenvalue weighted by Crippen LogP contribution is -2.48. The van der Waals surface area contributed by atoms with Crippen LogP contribution in [0.5, 0.6) is 0 Å². The van der Waals surface area contributed by atoms with Crippen molar-refractivity contribution in [1.82, 2.24) is 0 Å². The molecule has 26 heavy (non-hydrogen) atoms. The molecule has 0 bridgehead atoms. The summed E-state index contributed by atoms with van der Waals surface area (Å²) in [5, 5.41) is -0.622. The van der Waals surface area contributed by atoms with Gasteiger partial charge in [0.1, 0.15) is 16.8 Å². The van der Waals surface area contributed by atoms with Crippen LogP contribution >= 0.6 is 7.82 Å². The lowest BCUT2D eigenvalue weighted by Gasteiger charge is -2.43. The Bertz CT molecular complexity index is 636. The molecule has 0 amide bonds. The van der Waals surface area contributed by atoms with Gasteiger partial charge in [-0.1, -0.05) is 13.8 Å². The second-order valence-corrected chi connectivity index (χ2v) is 10.5. The van der Waals surface area contributed by atoms with Crippen molar-refractivity contribution in [2.45, 2.75) is 65.6 Å². The number of Topliss-reactive ketones (excluding diaryl/α,β-unsaturated/α-hetero) is 1. The molecule has 0 aromatic carbocycles. The third kappa shape index (κ3) is 4.16. The molecule has 0 saturated heterocycles. The van der Waals surface area contributed by atoms with Gasteiger partial charge in [-0.05, 0) is 57.9 Å². The highest BCUT2D eigenvalue weighted by Gasteiger charge is 2.53. The zero-order valence-corrected chi connectivity index (χ0v) is 18.1. The molecule has 2 aliphatic rings. The van der Waals surface area contributed by atoms with Gasteiger partial charge in [0.05, 0.1) is 13.2 Å². The first-order valence-corrected chi connectivity index (χ1v) is 12.3. The lowest BCUT2D eigenvalue weighted by molar-refractivity contribution is -0.127. The van der Waals surface area contributed by atoms with Crippen molar-refractivity contribution < 1.29 is 27.1 Å². The summed E-state index contributed by atoms with van der Waals surface area (Å²) in [6.07, 6.45) is 3.42. The number of phosphoric acid groups is 1. The maximum Gasteiger partial charge on any atom is 0.529 e. The summed E-state index contributed by atoms with van der Waals surface area (Å²) in [5.41, 5.74) is 0.230. The van der Waals surface area contributed by atoms with Gasteiger partial charge in [-0.3, -0.25) is 18.1 Å². The smallest absolute Gasteiger partial charge is 0.407 e. The van der Waals surface area contributed by atoms with Crippen molar-refractivity contribution in [2.75, 3.05) is 19.0 Å². The zero-order valence-electron chi connectivity index (χ0n) is 16.4. The van der Waals surface area contributed by atoms with Crippen LogP contribution in [0.3, 0.4) is 0 Å². The van der Waals surface area contributed by atoms with Crippen molar-refractivity contribution in [2.24, 2.45) is 11.3 Å². The number of hydrogen-bond acceptors (Lipinski definition) is 6. The fourth-order valence-corrected chi connectivity index (χ4v) is 7.04. The Morgan fingerprint density at radius 3 is 2.38 bits per heavy atom. The van der Waals surface area contributed by atoms with Crippen LogP contribution in [0.25, 0.3) is 0 Å². The number of hydrogen-bond donors (Lipinski definition) is 0. The highest BCUT2D eigenvalue weighted by atomic mass is 32.2. The largest absolute Gasteiger partial charge is 0.529 e. The van der Waals surface area contributed by atoms with Gasteiger partial charge in [0, 0.05) is 22.0 Å². The molecular formula is C18H31O6PS. The molecule has 3 unspecified atom stereocenters. The number of carbonyl (C=O) groups is 1. The van der Waals surface area contributed by atoms with Gasteiger partial charge in [-0.2, -0.15) is 0 Å². The molecule has 2 aliphatic carbocycles. The maximum atomic E-state index is 13.0. The van der Waals surface area contributed by atoms with Crippen LogP contribution in [0.1, 0.15) is 60.3 Å². The third-order valence-electron chi connectivity index (χ3n) is 5.43. The normalized spacial score (nSPS) is 30.2. The first kappa shape index (κ1) is 21.8. The summed E-state index contributed by atoms with van der Waals surface area (Å²) in [5.74, 6) is 0.993. The van der Waals surface area contributed by atoms with Crippen LogP contribution in [0.2, 0.25) is 0 Å². The molecule has 0 aromatic heterocycles.